The normalized spacial score (nSPS) is 13.1. The number of rotatable bonds is 4. The molecule has 0 fully saturated rings. The van der Waals surface area contributed by atoms with Crippen LogP contribution >= 0.6 is 0 Å². The maximum absolute atomic E-state index is 13.2. The number of fused-ring (bicyclic) bond motifs is 2. The molecule has 5 rings (SSSR count). The van der Waals surface area contributed by atoms with E-state index in [0.717, 1.165) is 33.7 Å². The maximum atomic E-state index is 13.2. The third-order valence-corrected chi connectivity index (χ3v) is 5.72. The average molecular weight is 397 g/mol. The zero-order chi connectivity index (χ0) is 21.0. The molecule has 6 heteroatoms. The summed E-state index contributed by atoms with van der Waals surface area (Å²) in [5, 5.41) is 4.39. The van der Waals surface area contributed by atoms with Gasteiger partial charge in [0.1, 0.15) is 11.6 Å². The van der Waals surface area contributed by atoms with Crippen molar-refractivity contribution in [3.05, 3.63) is 76.2 Å². The van der Waals surface area contributed by atoms with E-state index in [9.17, 15) is 4.79 Å². The number of aryl methyl sites for hydroxylation is 1. The molecule has 0 atom stereocenters. The van der Waals surface area contributed by atoms with Crippen molar-refractivity contribution in [2.75, 3.05) is 5.73 Å². The predicted octanol–water partition coefficient (Wildman–Crippen LogP) is 4.59. The number of H-pyrrole nitrogens is 1. The van der Waals surface area contributed by atoms with E-state index < -0.39 is 0 Å². The van der Waals surface area contributed by atoms with Crippen LogP contribution in [0.4, 0.5) is 5.82 Å². The number of carbonyl (C=O) groups is 1. The molecule has 30 heavy (non-hydrogen) atoms. The summed E-state index contributed by atoms with van der Waals surface area (Å²) in [5.41, 5.74) is 13.7. The van der Waals surface area contributed by atoms with Gasteiger partial charge in [0.05, 0.1) is 28.5 Å². The minimum atomic E-state index is -0.0699. The lowest BCUT2D eigenvalue weighted by atomic mass is 9.97. The minimum absolute atomic E-state index is 0.0699. The molecule has 0 bridgehead atoms. The first-order valence-electron chi connectivity index (χ1n) is 10.1. The van der Waals surface area contributed by atoms with Gasteiger partial charge in [-0.3, -0.25) is 4.79 Å². The van der Waals surface area contributed by atoms with Crippen molar-refractivity contribution in [1.82, 2.24) is 19.7 Å². The summed E-state index contributed by atoms with van der Waals surface area (Å²) in [6, 6.07) is 12.2. The highest BCUT2D eigenvalue weighted by molar-refractivity contribution is 6.15. The van der Waals surface area contributed by atoms with Crippen molar-refractivity contribution in [2.45, 2.75) is 33.1 Å². The lowest BCUT2D eigenvalue weighted by molar-refractivity contribution is 0.103. The number of allylic oxidation sites excluding steroid dienone is 1. The van der Waals surface area contributed by atoms with E-state index in [1.807, 2.05) is 31.2 Å². The van der Waals surface area contributed by atoms with Gasteiger partial charge >= 0.3 is 0 Å². The summed E-state index contributed by atoms with van der Waals surface area (Å²) in [6.45, 7) is 6.26. The highest BCUT2D eigenvalue weighted by Gasteiger charge is 2.24. The van der Waals surface area contributed by atoms with Crippen LogP contribution < -0.4 is 5.73 Å². The van der Waals surface area contributed by atoms with Crippen molar-refractivity contribution in [1.29, 1.82) is 0 Å². The highest BCUT2D eigenvalue weighted by atomic mass is 16.1. The molecule has 2 heterocycles. The molecule has 0 amide bonds. The number of anilines is 1. The number of hydrogen-bond acceptors (Lipinski definition) is 4. The van der Waals surface area contributed by atoms with Gasteiger partial charge in [-0.05, 0) is 53.8 Å². The van der Waals surface area contributed by atoms with Crippen molar-refractivity contribution in [3.8, 4) is 5.69 Å². The summed E-state index contributed by atoms with van der Waals surface area (Å²) >= 11 is 0. The van der Waals surface area contributed by atoms with Gasteiger partial charge in [-0.25, -0.2) is 9.67 Å². The number of imidazole rings is 1. The Hall–Kier alpha value is -3.67. The fourth-order valence-electron chi connectivity index (χ4n) is 4.04. The van der Waals surface area contributed by atoms with Crippen molar-refractivity contribution in [2.24, 2.45) is 0 Å². The molecule has 0 unspecified atom stereocenters. The fraction of sp³-hybridized carbons (Fsp3) is 0.208. The largest absolute Gasteiger partial charge is 0.383 e. The van der Waals surface area contributed by atoms with E-state index in [-0.39, 0.29) is 5.78 Å². The zero-order valence-electron chi connectivity index (χ0n) is 17.2. The van der Waals surface area contributed by atoms with Crippen LogP contribution in [0.25, 0.3) is 22.8 Å². The van der Waals surface area contributed by atoms with Crippen LogP contribution in [0.5, 0.6) is 0 Å². The number of aromatic nitrogens is 4. The molecule has 4 aromatic rings. The zero-order valence-corrected chi connectivity index (χ0v) is 17.2. The molecule has 6 nitrogen and oxygen atoms in total. The van der Waals surface area contributed by atoms with Gasteiger partial charge in [-0.1, -0.05) is 32.0 Å². The number of nitrogens with two attached hydrogens (primary N) is 1. The molecule has 0 saturated carbocycles. The summed E-state index contributed by atoms with van der Waals surface area (Å²) in [6.07, 6.45) is 4.15. The van der Waals surface area contributed by atoms with E-state index >= 15 is 0 Å². The fourth-order valence-corrected chi connectivity index (χ4v) is 4.04. The molecule has 150 valence electrons. The number of ketones is 1. The number of carbonyl (C=O) groups excluding carboxylic acids is 1. The van der Waals surface area contributed by atoms with E-state index in [1.165, 1.54) is 11.1 Å². The number of hydrogen-bond donors (Lipinski definition) is 2. The van der Waals surface area contributed by atoms with Gasteiger partial charge in [0.25, 0.3) is 0 Å². The van der Waals surface area contributed by atoms with Gasteiger partial charge in [-0.2, -0.15) is 5.10 Å². The number of nitrogen functional groups attached to an aromatic ring is 1. The molecule has 2 aromatic carbocycles. The molecule has 1 aliphatic rings. The van der Waals surface area contributed by atoms with E-state index in [4.69, 9.17) is 5.73 Å². The molecule has 0 spiro atoms. The van der Waals surface area contributed by atoms with Crippen molar-refractivity contribution < 1.29 is 4.79 Å². The summed E-state index contributed by atoms with van der Waals surface area (Å²) < 4.78 is 1.60. The Morgan fingerprint density at radius 1 is 1.20 bits per heavy atom. The Labute approximate surface area is 174 Å². The summed E-state index contributed by atoms with van der Waals surface area (Å²) in [7, 11) is 0. The molecular weight excluding hydrogens is 374 g/mol. The Kier molecular flexibility index (Phi) is 4.10. The topological polar surface area (TPSA) is 89.6 Å². The van der Waals surface area contributed by atoms with Crippen LogP contribution in [-0.2, 0) is 6.42 Å². The number of aromatic amines is 1. The average Bonchev–Trinajstić information content (AvgIpc) is 3.41. The Morgan fingerprint density at radius 2 is 2.03 bits per heavy atom. The Balaban J connectivity index is 1.45. The standard InChI is InChI=1S/C24H23N5O/c1-13(2)15-4-5-16-9-18(10-17(16)8-15)23(30)20-12-26-29(24(20)25)19-6-7-21-22(11-19)28-14(3)27-21/h4-9,11-13H,10,25H2,1-3H3,(H,27,28). The van der Waals surface area contributed by atoms with Gasteiger partial charge in [-0.15, -0.1) is 0 Å². The summed E-state index contributed by atoms with van der Waals surface area (Å²) in [5.74, 6) is 1.58. The molecule has 3 N–H and O–H groups in total. The number of nitrogens with one attached hydrogen (secondary N) is 1. The molecule has 0 radical (unpaired) electrons. The predicted molar refractivity (Wildman–Crippen MR) is 119 cm³/mol. The van der Waals surface area contributed by atoms with Crippen LogP contribution in [0.3, 0.4) is 0 Å². The van der Waals surface area contributed by atoms with Crippen LogP contribution in [-0.4, -0.2) is 25.5 Å². The first kappa shape index (κ1) is 18.4. The number of benzene rings is 2. The lowest BCUT2D eigenvalue weighted by Gasteiger charge is -2.08. The smallest absolute Gasteiger partial charge is 0.194 e. The molecule has 0 saturated heterocycles. The molecule has 0 aliphatic heterocycles. The second-order valence-corrected chi connectivity index (χ2v) is 8.17. The van der Waals surface area contributed by atoms with Gasteiger partial charge < -0.3 is 10.7 Å². The second-order valence-electron chi connectivity index (χ2n) is 8.17. The van der Waals surface area contributed by atoms with Crippen LogP contribution in [0.1, 0.15) is 52.6 Å². The van der Waals surface area contributed by atoms with Crippen LogP contribution in [0.15, 0.2) is 48.2 Å². The molecule has 2 aromatic heterocycles. The first-order chi connectivity index (χ1) is 14.4. The van der Waals surface area contributed by atoms with Gasteiger partial charge in [0.2, 0.25) is 0 Å². The second kappa shape index (κ2) is 6.69. The van der Waals surface area contributed by atoms with Crippen molar-refractivity contribution in [3.63, 3.8) is 0 Å². The SMILES string of the molecule is Cc1nc2ccc(-n3ncc(C(=O)C4=Cc5ccc(C(C)C)cc5C4)c3N)cc2[nH]1. The van der Waals surface area contributed by atoms with Gasteiger partial charge in [0.15, 0.2) is 5.78 Å². The number of nitrogens with zero attached hydrogens (tertiary/aromatic N) is 3. The third-order valence-electron chi connectivity index (χ3n) is 5.72. The summed E-state index contributed by atoms with van der Waals surface area (Å²) in [4.78, 5) is 20.8. The quantitative estimate of drug-likeness (QED) is 0.493. The lowest BCUT2D eigenvalue weighted by Crippen LogP contribution is -2.08. The molecule has 1 aliphatic carbocycles. The van der Waals surface area contributed by atoms with Crippen LogP contribution in [0.2, 0.25) is 0 Å². The van der Waals surface area contributed by atoms with Crippen LogP contribution in [0, 0.1) is 6.92 Å². The Bertz CT molecular complexity index is 1340. The Morgan fingerprint density at radius 3 is 2.83 bits per heavy atom. The van der Waals surface area contributed by atoms with E-state index in [0.29, 0.717) is 23.7 Å². The third kappa shape index (κ3) is 2.92. The first-order valence-corrected chi connectivity index (χ1v) is 10.1. The maximum Gasteiger partial charge on any atom is 0.194 e. The van der Waals surface area contributed by atoms with E-state index in [1.54, 1.807) is 10.9 Å². The molecular formula is C24H23N5O. The number of Topliss-reactive ketones (excluding diaryl/α,β-unsaturated/α-hetero) is 1. The minimum Gasteiger partial charge on any atom is -0.383 e. The van der Waals surface area contributed by atoms with Gasteiger partial charge in [0, 0.05) is 12.0 Å². The van der Waals surface area contributed by atoms with Crippen molar-refractivity contribution >= 4 is 28.7 Å². The van der Waals surface area contributed by atoms with E-state index in [2.05, 4.69) is 47.1 Å². The monoisotopic (exact) mass is 397 g/mol. The highest BCUT2D eigenvalue weighted by Crippen LogP contribution is 2.31.